The second-order valence-electron chi connectivity index (χ2n) is 6.29. The Morgan fingerprint density at radius 2 is 1.95 bits per heavy atom. The first-order valence-electron chi connectivity index (χ1n) is 7.98. The lowest BCUT2D eigenvalue weighted by Gasteiger charge is -2.34. The maximum Gasteiger partial charge on any atom is 0.406 e. The van der Waals surface area contributed by atoms with Crippen LogP contribution in [0.4, 0.5) is 13.2 Å². The molecular formula is C15H25F3N2O. The number of carbonyl (C=O) groups is 1. The number of carbonyl (C=O) groups excluding carboxylic acids is 1. The Hall–Kier alpha value is -0.780. The Kier molecular flexibility index (Phi) is 5.17. The number of fused-ring (bicyclic) bond motifs is 1. The molecule has 0 aromatic heterocycles. The molecule has 0 aromatic carbocycles. The number of nitrogens with one attached hydrogen (secondary N) is 1. The summed E-state index contributed by atoms with van der Waals surface area (Å²) in [5, 5.41) is 3.17. The minimum absolute atomic E-state index is 0.225. The van der Waals surface area contributed by atoms with Crippen molar-refractivity contribution in [3.8, 4) is 0 Å². The normalized spacial score (nSPS) is 29.0. The van der Waals surface area contributed by atoms with Crippen LogP contribution in [0.5, 0.6) is 0 Å². The van der Waals surface area contributed by atoms with Gasteiger partial charge in [-0.25, -0.2) is 0 Å². The molecule has 1 heterocycles. The van der Waals surface area contributed by atoms with Gasteiger partial charge >= 0.3 is 6.18 Å². The van der Waals surface area contributed by atoms with E-state index in [1.807, 2.05) is 13.8 Å². The van der Waals surface area contributed by atoms with Crippen LogP contribution in [0, 0.1) is 11.8 Å². The van der Waals surface area contributed by atoms with Crippen LogP contribution in [0.3, 0.4) is 0 Å². The topological polar surface area (TPSA) is 32.3 Å². The predicted octanol–water partition coefficient (Wildman–Crippen LogP) is 2.95. The van der Waals surface area contributed by atoms with Crippen LogP contribution in [-0.4, -0.2) is 42.2 Å². The van der Waals surface area contributed by atoms with Crippen molar-refractivity contribution in [3.05, 3.63) is 0 Å². The quantitative estimate of drug-likeness (QED) is 0.847. The third-order valence-corrected chi connectivity index (χ3v) is 5.03. The number of nitrogens with zero attached hydrogens (tertiary/aromatic N) is 1. The first kappa shape index (κ1) is 16.6. The SMILES string of the molecule is CCC(CC)N(CC(F)(F)F)C(=O)C1NCC2CCCC21. The van der Waals surface area contributed by atoms with Gasteiger partial charge in [0.1, 0.15) is 6.54 Å². The van der Waals surface area contributed by atoms with Crippen LogP contribution in [0.2, 0.25) is 0 Å². The van der Waals surface area contributed by atoms with Gasteiger partial charge in [0, 0.05) is 6.04 Å². The van der Waals surface area contributed by atoms with E-state index in [1.54, 1.807) is 0 Å². The zero-order chi connectivity index (χ0) is 15.6. The molecule has 1 aliphatic heterocycles. The highest BCUT2D eigenvalue weighted by Gasteiger charge is 2.46. The van der Waals surface area contributed by atoms with Gasteiger partial charge in [0.25, 0.3) is 0 Å². The van der Waals surface area contributed by atoms with Gasteiger partial charge in [-0.1, -0.05) is 20.3 Å². The van der Waals surface area contributed by atoms with Gasteiger partial charge in [-0.15, -0.1) is 0 Å². The Labute approximate surface area is 124 Å². The number of alkyl halides is 3. The lowest BCUT2D eigenvalue weighted by molar-refractivity contribution is -0.167. The van der Waals surface area contributed by atoms with Crippen LogP contribution in [0.1, 0.15) is 46.0 Å². The number of amides is 1. The fourth-order valence-corrected chi connectivity index (χ4v) is 3.95. The average molecular weight is 306 g/mol. The third-order valence-electron chi connectivity index (χ3n) is 5.03. The van der Waals surface area contributed by atoms with Crippen molar-refractivity contribution in [1.82, 2.24) is 10.2 Å². The maximum atomic E-state index is 12.8. The summed E-state index contributed by atoms with van der Waals surface area (Å²) in [5.74, 6) is 0.339. The van der Waals surface area contributed by atoms with Crippen LogP contribution in [0.25, 0.3) is 0 Å². The Morgan fingerprint density at radius 3 is 2.52 bits per heavy atom. The van der Waals surface area contributed by atoms with Gasteiger partial charge in [-0.05, 0) is 44.1 Å². The highest BCUT2D eigenvalue weighted by atomic mass is 19.4. The van der Waals surface area contributed by atoms with Crippen LogP contribution in [-0.2, 0) is 4.79 Å². The Bertz CT molecular complexity index is 368. The molecule has 0 radical (unpaired) electrons. The van der Waals surface area contributed by atoms with E-state index in [9.17, 15) is 18.0 Å². The predicted molar refractivity (Wildman–Crippen MR) is 74.8 cm³/mol. The minimum Gasteiger partial charge on any atom is -0.329 e. The lowest BCUT2D eigenvalue weighted by Crippen LogP contribution is -2.53. The van der Waals surface area contributed by atoms with Gasteiger partial charge < -0.3 is 10.2 Å². The summed E-state index contributed by atoms with van der Waals surface area (Å²) in [5.41, 5.74) is 0. The molecule has 1 saturated carbocycles. The molecule has 3 atom stereocenters. The highest BCUT2D eigenvalue weighted by molar-refractivity contribution is 5.83. The molecule has 0 spiro atoms. The molecule has 1 saturated heterocycles. The zero-order valence-corrected chi connectivity index (χ0v) is 12.7. The van der Waals surface area contributed by atoms with E-state index in [4.69, 9.17) is 0 Å². The summed E-state index contributed by atoms with van der Waals surface area (Å²) in [4.78, 5) is 13.8. The van der Waals surface area contributed by atoms with E-state index < -0.39 is 18.8 Å². The summed E-state index contributed by atoms with van der Waals surface area (Å²) in [6, 6.07) is -0.748. The molecule has 6 heteroatoms. The summed E-state index contributed by atoms with van der Waals surface area (Å²) < 4.78 is 38.5. The van der Waals surface area contributed by atoms with Crippen molar-refractivity contribution >= 4 is 5.91 Å². The third kappa shape index (κ3) is 3.71. The molecule has 0 bridgehead atoms. The largest absolute Gasteiger partial charge is 0.406 e. The number of hydrogen-bond acceptors (Lipinski definition) is 2. The molecule has 1 aliphatic carbocycles. The van der Waals surface area contributed by atoms with Crippen LogP contribution in [0.15, 0.2) is 0 Å². The van der Waals surface area contributed by atoms with E-state index in [2.05, 4.69) is 5.32 Å². The molecule has 3 nitrogen and oxygen atoms in total. The van der Waals surface area contributed by atoms with Gasteiger partial charge in [0.2, 0.25) is 5.91 Å². The van der Waals surface area contributed by atoms with Crippen molar-refractivity contribution in [1.29, 1.82) is 0 Å². The smallest absolute Gasteiger partial charge is 0.329 e. The van der Waals surface area contributed by atoms with Crippen molar-refractivity contribution in [2.24, 2.45) is 11.8 Å². The molecule has 0 aromatic rings. The zero-order valence-electron chi connectivity index (χ0n) is 12.7. The molecule has 21 heavy (non-hydrogen) atoms. The fraction of sp³-hybridized carbons (Fsp3) is 0.933. The molecule has 2 rings (SSSR count). The minimum atomic E-state index is -4.34. The van der Waals surface area contributed by atoms with Gasteiger partial charge in [-0.3, -0.25) is 4.79 Å². The molecule has 2 fully saturated rings. The van der Waals surface area contributed by atoms with E-state index in [0.29, 0.717) is 18.8 Å². The summed E-state index contributed by atoms with van der Waals surface area (Å²) >= 11 is 0. The van der Waals surface area contributed by atoms with Crippen molar-refractivity contribution in [2.45, 2.75) is 64.2 Å². The number of rotatable bonds is 5. The Balaban J connectivity index is 2.13. The van der Waals surface area contributed by atoms with Crippen LogP contribution < -0.4 is 5.32 Å². The molecule has 3 unspecified atom stereocenters. The monoisotopic (exact) mass is 306 g/mol. The van der Waals surface area contributed by atoms with Gasteiger partial charge in [0.15, 0.2) is 0 Å². The summed E-state index contributed by atoms with van der Waals surface area (Å²) in [6.07, 6.45) is -0.0994. The van der Waals surface area contributed by atoms with E-state index in [-0.39, 0.29) is 17.9 Å². The fourth-order valence-electron chi connectivity index (χ4n) is 3.95. The molecule has 1 N–H and O–H groups in total. The Morgan fingerprint density at radius 1 is 1.29 bits per heavy atom. The maximum absolute atomic E-state index is 12.8. The number of halogens is 3. The molecule has 1 amide bonds. The van der Waals surface area contributed by atoms with Gasteiger partial charge in [-0.2, -0.15) is 13.2 Å². The van der Waals surface area contributed by atoms with E-state index in [1.165, 1.54) is 0 Å². The molecule has 2 aliphatic rings. The number of hydrogen-bond donors (Lipinski definition) is 1. The first-order chi connectivity index (χ1) is 9.87. The summed E-state index contributed by atoms with van der Waals surface area (Å²) in [7, 11) is 0. The van der Waals surface area contributed by atoms with E-state index >= 15 is 0 Å². The highest BCUT2D eigenvalue weighted by Crippen LogP contribution is 2.38. The molecule has 122 valence electrons. The van der Waals surface area contributed by atoms with Gasteiger partial charge in [0.05, 0.1) is 6.04 Å². The van der Waals surface area contributed by atoms with Crippen molar-refractivity contribution < 1.29 is 18.0 Å². The standard InChI is InChI=1S/C15H25F3N2O/c1-3-11(4-2)20(9-15(16,17)18)14(21)13-12-7-5-6-10(12)8-19-13/h10-13,19H,3-9H2,1-2H3. The first-order valence-corrected chi connectivity index (χ1v) is 7.98. The van der Waals surface area contributed by atoms with E-state index in [0.717, 1.165) is 30.7 Å². The van der Waals surface area contributed by atoms with Crippen molar-refractivity contribution in [2.75, 3.05) is 13.1 Å². The average Bonchev–Trinajstić information content (AvgIpc) is 2.99. The molecular weight excluding hydrogens is 281 g/mol. The van der Waals surface area contributed by atoms with Crippen molar-refractivity contribution in [3.63, 3.8) is 0 Å². The lowest BCUT2D eigenvalue weighted by atomic mass is 9.92. The second kappa shape index (κ2) is 6.55. The second-order valence-corrected chi connectivity index (χ2v) is 6.29. The van der Waals surface area contributed by atoms with Crippen LogP contribution >= 0.6 is 0 Å². The summed E-state index contributed by atoms with van der Waals surface area (Å²) in [6.45, 7) is 3.31.